The van der Waals surface area contributed by atoms with Crippen LogP contribution in [0.15, 0.2) is 42.5 Å². The molecule has 2 atom stereocenters. The molecule has 10 nitrogen and oxygen atoms in total. The predicted molar refractivity (Wildman–Crippen MR) is 169 cm³/mol. The van der Waals surface area contributed by atoms with E-state index < -0.39 is 0 Å². The molecule has 4 heterocycles. The monoisotopic (exact) mass is 593 g/mol. The van der Waals surface area contributed by atoms with E-state index in [1.165, 1.54) is 16.5 Å². The van der Waals surface area contributed by atoms with E-state index in [1.54, 1.807) is 4.90 Å². The van der Waals surface area contributed by atoms with Crippen molar-refractivity contribution >= 4 is 28.2 Å². The first-order valence-electron chi connectivity index (χ1n) is 15.4. The Bertz CT molecular complexity index is 1640. The van der Waals surface area contributed by atoms with Gasteiger partial charge >= 0.3 is 6.01 Å². The van der Waals surface area contributed by atoms with Crippen molar-refractivity contribution in [3.63, 3.8) is 0 Å². The van der Waals surface area contributed by atoms with E-state index in [2.05, 4.69) is 89.0 Å². The normalized spacial score (nSPS) is 21.9. The molecule has 0 spiro atoms. The summed E-state index contributed by atoms with van der Waals surface area (Å²) in [6.45, 7) is 6.24. The predicted octanol–water partition coefficient (Wildman–Crippen LogP) is 2.98. The van der Waals surface area contributed by atoms with Crippen LogP contribution in [-0.4, -0.2) is 95.3 Å². The molecule has 2 fully saturated rings. The second kappa shape index (κ2) is 12.7. The average Bonchev–Trinajstić information content (AvgIpc) is 3.39. The Morgan fingerprint density at radius 2 is 1.95 bits per heavy atom. The number of hydrogen-bond donors (Lipinski definition) is 1. The van der Waals surface area contributed by atoms with E-state index in [9.17, 15) is 10.1 Å². The van der Waals surface area contributed by atoms with E-state index >= 15 is 0 Å². The molecule has 1 N–H and O–H groups in total. The van der Waals surface area contributed by atoms with Crippen LogP contribution in [0, 0.1) is 23.2 Å². The van der Waals surface area contributed by atoms with Crippen molar-refractivity contribution in [1.29, 1.82) is 5.26 Å². The molecule has 3 aliphatic heterocycles. The number of ether oxygens (including phenoxy) is 1. The van der Waals surface area contributed by atoms with Gasteiger partial charge in [0.1, 0.15) is 19.0 Å². The van der Waals surface area contributed by atoms with Crippen molar-refractivity contribution in [1.82, 2.24) is 19.8 Å². The van der Waals surface area contributed by atoms with Gasteiger partial charge in [-0.05, 0) is 57.2 Å². The molecule has 0 radical (unpaired) electrons. The van der Waals surface area contributed by atoms with E-state index in [-0.39, 0.29) is 30.5 Å². The quantitative estimate of drug-likeness (QED) is 0.432. The highest BCUT2D eigenvalue weighted by molar-refractivity contribution is 5.95. The van der Waals surface area contributed by atoms with Gasteiger partial charge in [0.2, 0.25) is 0 Å². The fraction of sp³-hybridized carbons (Fsp3) is 0.471. The van der Waals surface area contributed by atoms with Gasteiger partial charge in [-0.1, -0.05) is 42.3 Å². The molecule has 10 heteroatoms. The molecule has 0 bridgehead atoms. The molecule has 228 valence electrons. The number of anilines is 2. The number of aliphatic hydroxyl groups excluding tert-OH is 1. The number of carbonyl (C=O) groups is 1. The second-order valence-electron chi connectivity index (χ2n) is 12.2. The number of aliphatic hydroxyl groups is 1. The zero-order chi connectivity index (χ0) is 30.7. The van der Waals surface area contributed by atoms with Crippen LogP contribution in [0.2, 0.25) is 0 Å². The van der Waals surface area contributed by atoms with Gasteiger partial charge in [0.05, 0.1) is 36.3 Å². The number of fused-ring (bicyclic) bond motifs is 2. The average molecular weight is 594 g/mol. The zero-order valence-corrected chi connectivity index (χ0v) is 25.5. The summed E-state index contributed by atoms with van der Waals surface area (Å²) in [5.74, 6) is 5.39. The summed E-state index contributed by atoms with van der Waals surface area (Å²) in [5, 5.41) is 21.1. The third kappa shape index (κ3) is 5.88. The number of hydrogen-bond acceptors (Lipinski definition) is 9. The molecule has 3 aromatic rings. The van der Waals surface area contributed by atoms with Crippen molar-refractivity contribution in [2.24, 2.45) is 0 Å². The molecule has 1 amide bonds. The number of aromatic nitrogens is 2. The molecule has 1 aromatic heterocycles. The molecule has 2 saturated heterocycles. The fourth-order valence-electron chi connectivity index (χ4n) is 6.75. The van der Waals surface area contributed by atoms with Gasteiger partial charge in [0.15, 0.2) is 0 Å². The lowest BCUT2D eigenvalue weighted by atomic mass is 10.0. The number of likely N-dealkylation sites (tertiary alicyclic amines) is 1. The summed E-state index contributed by atoms with van der Waals surface area (Å²) < 4.78 is 6.38. The number of nitrogens with zero attached hydrogens (tertiary/aromatic N) is 7. The minimum absolute atomic E-state index is 0.0755. The minimum atomic E-state index is -0.380. The van der Waals surface area contributed by atoms with Gasteiger partial charge in [-0.3, -0.25) is 9.69 Å². The third-order valence-electron chi connectivity index (χ3n) is 9.42. The molecule has 3 aliphatic rings. The lowest BCUT2D eigenvalue weighted by Gasteiger charge is -2.42. The number of carbonyl (C=O) groups excluding carboxylic acids is 1. The maximum atomic E-state index is 12.8. The van der Waals surface area contributed by atoms with E-state index in [0.717, 1.165) is 49.4 Å². The van der Waals surface area contributed by atoms with Gasteiger partial charge in [-0.2, -0.15) is 15.2 Å². The highest BCUT2D eigenvalue weighted by atomic mass is 16.5. The lowest BCUT2D eigenvalue weighted by molar-refractivity contribution is -0.127. The molecule has 0 unspecified atom stereocenters. The lowest BCUT2D eigenvalue weighted by Crippen LogP contribution is -2.55. The van der Waals surface area contributed by atoms with Crippen molar-refractivity contribution in [3.8, 4) is 23.9 Å². The summed E-state index contributed by atoms with van der Waals surface area (Å²) in [7, 11) is 2.14. The molecular weight excluding hydrogens is 554 g/mol. The van der Waals surface area contributed by atoms with Gasteiger partial charge in [0, 0.05) is 42.8 Å². The van der Waals surface area contributed by atoms with Crippen LogP contribution in [0.4, 0.5) is 11.5 Å². The Labute approximate surface area is 258 Å². The maximum absolute atomic E-state index is 12.8. The Hall–Kier alpha value is -4.38. The first-order valence-corrected chi connectivity index (χ1v) is 15.4. The summed E-state index contributed by atoms with van der Waals surface area (Å²) in [4.78, 5) is 31.3. The SMILES string of the molecule is CN1CCC[C@@]1(C)COc1nc2c(c(N3CCN(C(=O)C#CCO)[C@@H](CC#N)C3)n1)CCN(c1cccc3ccccc13)C2. The number of rotatable bonds is 6. The number of amides is 1. The van der Waals surface area contributed by atoms with Crippen LogP contribution in [0.5, 0.6) is 6.01 Å². The van der Waals surface area contributed by atoms with Gasteiger partial charge in [-0.25, -0.2) is 0 Å². The van der Waals surface area contributed by atoms with E-state index in [1.807, 2.05) is 0 Å². The minimum Gasteiger partial charge on any atom is -0.461 e. The number of likely N-dealkylation sites (N-methyl/N-ethyl adjacent to an activating group) is 1. The molecule has 6 rings (SSSR count). The summed E-state index contributed by atoms with van der Waals surface area (Å²) in [6, 6.07) is 17.1. The Morgan fingerprint density at radius 3 is 2.75 bits per heavy atom. The van der Waals surface area contributed by atoms with Crippen molar-refractivity contribution in [2.75, 3.05) is 62.8 Å². The van der Waals surface area contributed by atoms with Crippen molar-refractivity contribution in [3.05, 3.63) is 53.7 Å². The summed E-state index contributed by atoms with van der Waals surface area (Å²) in [6.07, 6.45) is 3.14. The summed E-state index contributed by atoms with van der Waals surface area (Å²) >= 11 is 0. The van der Waals surface area contributed by atoms with Crippen molar-refractivity contribution in [2.45, 2.75) is 50.7 Å². The van der Waals surface area contributed by atoms with Crippen molar-refractivity contribution < 1.29 is 14.6 Å². The van der Waals surface area contributed by atoms with Crippen LogP contribution < -0.4 is 14.5 Å². The Morgan fingerprint density at radius 1 is 1.11 bits per heavy atom. The van der Waals surface area contributed by atoms with Crippen LogP contribution in [0.1, 0.15) is 37.4 Å². The van der Waals surface area contributed by atoms with Crippen LogP contribution >= 0.6 is 0 Å². The topological polar surface area (TPSA) is 109 Å². The first kappa shape index (κ1) is 29.7. The van der Waals surface area contributed by atoms with E-state index in [0.29, 0.717) is 38.8 Å². The zero-order valence-electron chi connectivity index (χ0n) is 25.5. The standard InChI is InChI=1S/C34H39N7O3/c1-34(15-7-17-38(34)2)24-44-33-36-29-23-39(30-11-5-9-25-8-3-4-10-27(25)30)18-14-28(29)32(37-33)40-19-20-41(26(22-40)13-16-35)31(43)12-6-21-42/h3-5,8-11,26,42H,7,13-15,17-24H2,1-2H3/t26-,34-/m0/s1. The summed E-state index contributed by atoms with van der Waals surface area (Å²) in [5.41, 5.74) is 3.14. The number of piperazine rings is 1. The fourth-order valence-corrected chi connectivity index (χ4v) is 6.75. The smallest absolute Gasteiger partial charge is 0.318 e. The highest BCUT2D eigenvalue weighted by Crippen LogP contribution is 2.35. The molecule has 0 saturated carbocycles. The van der Waals surface area contributed by atoms with Gasteiger partial charge in [0.25, 0.3) is 5.91 Å². The number of benzene rings is 2. The Kier molecular flexibility index (Phi) is 8.56. The molecular formula is C34H39N7O3. The number of nitriles is 1. The highest BCUT2D eigenvalue weighted by Gasteiger charge is 2.36. The first-order chi connectivity index (χ1) is 21.4. The Balaban J connectivity index is 1.33. The third-order valence-corrected chi connectivity index (χ3v) is 9.42. The van der Waals surface area contributed by atoms with Gasteiger partial charge < -0.3 is 24.5 Å². The largest absolute Gasteiger partial charge is 0.461 e. The molecule has 44 heavy (non-hydrogen) atoms. The van der Waals surface area contributed by atoms with Crippen LogP contribution in [0.25, 0.3) is 10.8 Å². The van der Waals surface area contributed by atoms with Gasteiger partial charge in [-0.15, -0.1) is 0 Å². The van der Waals surface area contributed by atoms with Crippen LogP contribution in [0.3, 0.4) is 0 Å². The molecule has 0 aliphatic carbocycles. The van der Waals surface area contributed by atoms with Crippen LogP contribution in [-0.2, 0) is 17.8 Å². The van der Waals surface area contributed by atoms with E-state index in [4.69, 9.17) is 19.8 Å². The molecule has 2 aromatic carbocycles. The maximum Gasteiger partial charge on any atom is 0.318 e. The second-order valence-corrected chi connectivity index (χ2v) is 12.2.